The van der Waals surface area contributed by atoms with Gasteiger partial charge in [0.05, 0.1) is 10.3 Å². The third-order valence-corrected chi connectivity index (χ3v) is 6.04. The molecule has 1 aromatic carbocycles. The molecule has 2 heterocycles. The van der Waals surface area contributed by atoms with Gasteiger partial charge in [0.2, 0.25) is 0 Å². The highest BCUT2D eigenvalue weighted by atomic mass is 35.5. The van der Waals surface area contributed by atoms with Gasteiger partial charge >= 0.3 is 0 Å². The van der Waals surface area contributed by atoms with Gasteiger partial charge in [-0.1, -0.05) is 50.6 Å². The molecule has 0 bridgehead atoms. The summed E-state index contributed by atoms with van der Waals surface area (Å²) < 4.78 is 27.6. The van der Waals surface area contributed by atoms with Gasteiger partial charge in [-0.25, -0.2) is 22.4 Å². The Labute approximate surface area is 146 Å². The van der Waals surface area contributed by atoms with Gasteiger partial charge in [-0.3, -0.25) is 0 Å². The maximum atomic E-state index is 13.2. The number of hydrogen-bond donors (Lipinski definition) is 0. The fraction of sp³-hybridized carbons (Fsp3) is 0.294. The van der Waals surface area contributed by atoms with Gasteiger partial charge in [-0.05, 0) is 29.5 Å². The molecule has 0 unspecified atom stereocenters. The van der Waals surface area contributed by atoms with E-state index in [1.807, 2.05) is 26.8 Å². The summed E-state index contributed by atoms with van der Waals surface area (Å²) in [6, 6.07) is 6.88. The number of fused-ring (bicyclic) bond motifs is 1. The average molecular weight is 364 g/mol. The number of aryl methyl sites for hydroxylation is 1. The van der Waals surface area contributed by atoms with Gasteiger partial charge in [0.15, 0.2) is 5.65 Å². The normalized spacial score (nSPS) is 12.7. The van der Waals surface area contributed by atoms with E-state index in [2.05, 4.69) is 9.97 Å². The molecule has 0 amide bonds. The minimum atomic E-state index is -3.78. The molecule has 0 radical (unpaired) electrons. The quantitative estimate of drug-likeness (QED) is 0.647. The van der Waals surface area contributed by atoms with Crippen LogP contribution in [0.3, 0.4) is 0 Å². The first-order valence-corrected chi connectivity index (χ1v) is 9.29. The van der Waals surface area contributed by atoms with Crippen LogP contribution in [0.2, 0.25) is 5.15 Å². The molecule has 0 saturated carbocycles. The predicted octanol–water partition coefficient (Wildman–Crippen LogP) is 3.93. The highest BCUT2D eigenvalue weighted by molar-refractivity contribution is 7.90. The monoisotopic (exact) mass is 363 g/mol. The Morgan fingerprint density at radius 3 is 2.42 bits per heavy atom. The van der Waals surface area contributed by atoms with Gasteiger partial charge in [0.25, 0.3) is 10.0 Å². The first kappa shape index (κ1) is 16.9. The summed E-state index contributed by atoms with van der Waals surface area (Å²) in [4.78, 5) is 8.45. The topological polar surface area (TPSA) is 64.8 Å². The lowest BCUT2D eigenvalue weighted by molar-refractivity contribution is 0.583. The summed E-state index contributed by atoms with van der Waals surface area (Å²) in [7, 11) is -3.78. The minimum Gasteiger partial charge on any atom is -0.224 e. The van der Waals surface area contributed by atoms with Crippen LogP contribution < -0.4 is 0 Å². The standard InChI is InChI=1S/C17H18ClN3O2S/c1-11-7-5-6-8-13(11)24(22,23)21-9-12(17(2,3)4)14-15(18)19-10-20-16(14)21/h5-10H,1-4H3. The fourth-order valence-electron chi connectivity index (χ4n) is 2.70. The lowest BCUT2D eigenvalue weighted by atomic mass is 9.87. The van der Waals surface area contributed by atoms with Crippen molar-refractivity contribution in [2.75, 3.05) is 0 Å². The van der Waals surface area contributed by atoms with Crippen molar-refractivity contribution in [2.24, 2.45) is 0 Å². The summed E-state index contributed by atoms with van der Waals surface area (Å²) in [5.41, 5.74) is 1.46. The van der Waals surface area contributed by atoms with Crippen molar-refractivity contribution < 1.29 is 8.42 Å². The first-order valence-electron chi connectivity index (χ1n) is 7.47. The highest BCUT2D eigenvalue weighted by Crippen LogP contribution is 2.36. The SMILES string of the molecule is Cc1ccccc1S(=O)(=O)n1cc(C(C)(C)C)c2c(Cl)ncnc21. The van der Waals surface area contributed by atoms with Crippen molar-refractivity contribution in [3.05, 3.63) is 53.1 Å². The van der Waals surface area contributed by atoms with E-state index in [9.17, 15) is 8.42 Å². The molecule has 5 nitrogen and oxygen atoms in total. The lowest BCUT2D eigenvalue weighted by Gasteiger charge is -2.17. The van der Waals surface area contributed by atoms with Crippen molar-refractivity contribution in [3.63, 3.8) is 0 Å². The fourth-order valence-corrected chi connectivity index (χ4v) is 4.48. The molecule has 0 spiro atoms. The van der Waals surface area contributed by atoms with Gasteiger partial charge < -0.3 is 0 Å². The molecule has 126 valence electrons. The zero-order valence-corrected chi connectivity index (χ0v) is 15.5. The molecule has 3 rings (SSSR count). The van der Waals surface area contributed by atoms with Gasteiger partial charge in [-0.15, -0.1) is 0 Å². The van der Waals surface area contributed by atoms with E-state index in [1.54, 1.807) is 31.3 Å². The Balaban J connectivity index is 2.40. The molecule has 0 aliphatic heterocycles. The predicted molar refractivity (Wildman–Crippen MR) is 95.0 cm³/mol. The van der Waals surface area contributed by atoms with E-state index in [-0.39, 0.29) is 15.5 Å². The van der Waals surface area contributed by atoms with Crippen LogP contribution in [0.15, 0.2) is 41.7 Å². The molecule has 0 aliphatic carbocycles. The van der Waals surface area contributed by atoms with Crippen LogP contribution in [-0.4, -0.2) is 22.4 Å². The van der Waals surface area contributed by atoms with E-state index in [0.717, 1.165) is 5.56 Å². The number of benzene rings is 1. The second-order valence-electron chi connectivity index (χ2n) is 6.72. The molecule has 24 heavy (non-hydrogen) atoms. The molecule has 0 fully saturated rings. The Morgan fingerprint density at radius 1 is 1.12 bits per heavy atom. The highest BCUT2D eigenvalue weighted by Gasteiger charge is 2.29. The second-order valence-corrected chi connectivity index (χ2v) is 8.86. The van der Waals surface area contributed by atoms with Crippen LogP contribution in [-0.2, 0) is 15.4 Å². The number of hydrogen-bond acceptors (Lipinski definition) is 4. The van der Waals surface area contributed by atoms with Crippen LogP contribution in [0.4, 0.5) is 0 Å². The van der Waals surface area contributed by atoms with Crippen LogP contribution in [0.5, 0.6) is 0 Å². The number of nitrogens with zero attached hydrogens (tertiary/aromatic N) is 3. The lowest BCUT2D eigenvalue weighted by Crippen LogP contribution is -2.14. The molecular formula is C17H18ClN3O2S. The van der Waals surface area contributed by atoms with E-state index in [1.165, 1.54) is 10.3 Å². The van der Waals surface area contributed by atoms with Gasteiger partial charge in [0, 0.05) is 6.20 Å². The van der Waals surface area contributed by atoms with E-state index in [4.69, 9.17) is 11.6 Å². The summed E-state index contributed by atoms with van der Waals surface area (Å²) in [5.74, 6) is 0. The van der Waals surface area contributed by atoms with Crippen LogP contribution >= 0.6 is 11.6 Å². The third kappa shape index (κ3) is 2.59. The van der Waals surface area contributed by atoms with Crippen LogP contribution in [0.1, 0.15) is 31.9 Å². The molecule has 3 aromatic rings. The molecule has 0 N–H and O–H groups in total. The Morgan fingerprint density at radius 2 is 1.79 bits per heavy atom. The summed E-state index contributed by atoms with van der Waals surface area (Å²) in [6.45, 7) is 7.76. The Bertz CT molecular complexity index is 1030. The maximum absolute atomic E-state index is 13.2. The van der Waals surface area contributed by atoms with Crippen molar-refractivity contribution in [3.8, 4) is 0 Å². The molecule has 2 aromatic heterocycles. The Hall–Kier alpha value is -1.92. The maximum Gasteiger partial charge on any atom is 0.269 e. The molecule has 0 saturated heterocycles. The van der Waals surface area contributed by atoms with Crippen molar-refractivity contribution in [1.82, 2.24) is 13.9 Å². The molecule has 0 aliphatic rings. The largest absolute Gasteiger partial charge is 0.269 e. The van der Waals surface area contributed by atoms with Crippen molar-refractivity contribution >= 4 is 32.7 Å². The number of halogens is 1. The van der Waals surface area contributed by atoms with Crippen molar-refractivity contribution in [2.45, 2.75) is 38.0 Å². The van der Waals surface area contributed by atoms with Gasteiger partial charge in [-0.2, -0.15) is 0 Å². The van der Waals surface area contributed by atoms with E-state index >= 15 is 0 Å². The second kappa shape index (κ2) is 5.57. The van der Waals surface area contributed by atoms with Crippen LogP contribution in [0.25, 0.3) is 11.0 Å². The molecular weight excluding hydrogens is 346 g/mol. The summed E-state index contributed by atoms with van der Waals surface area (Å²) in [6.07, 6.45) is 2.88. The van der Waals surface area contributed by atoms with Gasteiger partial charge in [0.1, 0.15) is 11.5 Å². The zero-order valence-electron chi connectivity index (χ0n) is 13.9. The number of aromatic nitrogens is 3. The third-order valence-electron chi connectivity index (χ3n) is 3.94. The number of rotatable bonds is 2. The Kier molecular flexibility index (Phi) is 3.92. The van der Waals surface area contributed by atoms with E-state index < -0.39 is 10.0 Å². The van der Waals surface area contributed by atoms with Crippen molar-refractivity contribution in [1.29, 1.82) is 0 Å². The minimum absolute atomic E-state index is 0.247. The molecule has 0 atom stereocenters. The average Bonchev–Trinajstić information content (AvgIpc) is 2.89. The summed E-state index contributed by atoms with van der Waals surface area (Å²) in [5, 5.41) is 0.826. The summed E-state index contributed by atoms with van der Waals surface area (Å²) >= 11 is 6.25. The molecule has 7 heteroatoms. The van der Waals surface area contributed by atoms with E-state index in [0.29, 0.717) is 16.6 Å². The zero-order chi connectivity index (χ0) is 17.7. The smallest absolute Gasteiger partial charge is 0.224 e. The van der Waals surface area contributed by atoms with Crippen LogP contribution in [0, 0.1) is 6.92 Å². The first-order chi connectivity index (χ1) is 11.1.